The molecule has 3 heterocycles. The molecule has 142 valence electrons. The zero-order chi connectivity index (χ0) is 18.6. The van der Waals surface area contributed by atoms with Gasteiger partial charge in [-0.15, -0.1) is 0 Å². The van der Waals surface area contributed by atoms with E-state index in [0.29, 0.717) is 43.4 Å². The van der Waals surface area contributed by atoms with Gasteiger partial charge in [0.25, 0.3) is 5.91 Å². The maximum Gasteiger partial charge on any atom is 0.321 e. The van der Waals surface area contributed by atoms with Gasteiger partial charge >= 0.3 is 6.03 Å². The number of aromatic nitrogens is 2. The number of rotatable bonds is 3. The first-order valence-electron chi connectivity index (χ1n) is 8.89. The Morgan fingerprint density at radius 1 is 1.41 bits per heavy atom. The summed E-state index contributed by atoms with van der Waals surface area (Å²) in [6.07, 6.45) is 4.27. The number of hydrogen-bond acceptors (Lipinski definition) is 5. The Bertz CT molecular complexity index is 823. The van der Waals surface area contributed by atoms with Crippen LogP contribution in [-0.2, 0) is 16.1 Å². The predicted molar refractivity (Wildman–Crippen MR) is 97.7 cm³/mol. The van der Waals surface area contributed by atoms with Crippen molar-refractivity contribution in [2.24, 2.45) is 0 Å². The van der Waals surface area contributed by atoms with Crippen molar-refractivity contribution in [3.8, 4) is 5.75 Å². The Labute approximate surface area is 156 Å². The molecule has 0 radical (unpaired) electrons. The van der Waals surface area contributed by atoms with Gasteiger partial charge in [0.05, 0.1) is 24.9 Å². The highest BCUT2D eigenvalue weighted by molar-refractivity contribution is 5.96. The lowest BCUT2D eigenvalue weighted by Crippen LogP contribution is -2.41. The molecule has 1 saturated heterocycles. The van der Waals surface area contributed by atoms with E-state index in [9.17, 15) is 9.59 Å². The minimum absolute atomic E-state index is 0.0248. The van der Waals surface area contributed by atoms with Crippen LogP contribution in [0.15, 0.2) is 36.7 Å². The van der Waals surface area contributed by atoms with E-state index in [-0.39, 0.29) is 24.6 Å². The van der Waals surface area contributed by atoms with E-state index in [2.05, 4.69) is 15.7 Å². The van der Waals surface area contributed by atoms with Crippen LogP contribution in [0.3, 0.4) is 0 Å². The van der Waals surface area contributed by atoms with Crippen molar-refractivity contribution in [1.29, 1.82) is 0 Å². The molecule has 0 unspecified atom stereocenters. The molecule has 1 atom stereocenters. The van der Waals surface area contributed by atoms with E-state index in [0.717, 1.165) is 6.42 Å². The van der Waals surface area contributed by atoms with E-state index in [4.69, 9.17) is 9.47 Å². The summed E-state index contributed by atoms with van der Waals surface area (Å²) in [6, 6.07) is 6.84. The molecule has 2 aliphatic heterocycles. The van der Waals surface area contributed by atoms with Gasteiger partial charge in [0.15, 0.2) is 6.61 Å². The van der Waals surface area contributed by atoms with Gasteiger partial charge in [0.2, 0.25) is 0 Å². The average molecular weight is 371 g/mol. The normalized spacial score (nSPS) is 19.5. The predicted octanol–water partition coefficient (Wildman–Crippen LogP) is 1.54. The molecule has 0 aliphatic carbocycles. The van der Waals surface area contributed by atoms with Crippen LogP contribution in [0, 0.1) is 0 Å². The van der Waals surface area contributed by atoms with Gasteiger partial charge in [0.1, 0.15) is 5.75 Å². The van der Waals surface area contributed by atoms with Crippen molar-refractivity contribution in [1.82, 2.24) is 14.7 Å². The maximum absolute atomic E-state index is 12.7. The fraction of sp³-hybridized carbons (Fsp3) is 0.389. The standard InChI is InChI=1S/C18H21N5O4/c24-17-12-27-16-9-13(3-4-15(16)21-17)20-18(25)22-6-2-8-26-14(10-22)11-23-7-1-5-19-23/h1,3-5,7,9,14H,2,6,8,10-12H2,(H,20,25)(H,21,24)/t14-/m1/s1. The molecule has 1 aromatic heterocycles. The Balaban J connectivity index is 1.40. The highest BCUT2D eigenvalue weighted by Crippen LogP contribution is 2.30. The molecule has 0 spiro atoms. The van der Waals surface area contributed by atoms with Crippen LogP contribution < -0.4 is 15.4 Å². The highest BCUT2D eigenvalue weighted by atomic mass is 16.5. The summed E-state index contributed by atoms with van der Waals surface area (Å²) in [7, 11) is 0. The molecule has 9 nitrogen and oxygen atoms in total. The number of fused-ring (bicyclic) bond motifs is 1. The first kappa shape index (κ1) is 17.3. The number of carbonyl (C=O) groups is 2. The van der Waals surface area contributed by atoms with Gasteiger partial charge in [-0.05, 0) is 24.6 Å². The van der Waals surface area contributed by atoms with E-state index in [1.165, 1.54) is 0 Å². The summed E-state index contributed by atoms with van der Waals surface area (Å²) in [5.74, 6) is 0.357. The number of amides is 3. The van der Waals surface area contributed by atoms with E-state index >= 15 is 0 Å². The highest BCUT2D eigenvalue weighted by Gasteiger charge is 2.24. The van der Waals surface area contributed by atoms with Crippen LogP contribution in [0.2, 0.25) is 0 Å². The topological polar surface area (TPSA) is 97.7 Å². The molecule has 0 saturated carbocycles. The first-order chi connectivity index (χ1) is 13.2. The number of nitrogens with one attached hydrogen (secondary N) is 2. The molecule has 27 heavy (non-hydrogen) atoms. The number of hydrogen-bond donors (Lipinski definition) is 2. The zero-order valence-electron chi connectivity index (χ0n) is 14.8. The summed E-state index contributed by atoms with van der Waals surface area (Å²) >= 11 is 0. The second kappa shape index (κ2) is 7.67. The van der Waals surface area contributed by atoms with Crippen LogP contribution >= 0.6 is 0 Å². The van der Waals surface area contributed by atoms with Crippen LogP contribution in [0.1, 0.15) is 6.42 Å². The Hall–Kier alpha value is -3.07. The van der Waals surface area contributed by atoms with Crippen molar-refractivity contribution < 1.29 is 19.1 Å². The summed E-state index contributed by atoms with van der Waals surface area (Å²) < 4.78 is 13.0. The number of ether oxygens (including phenoxy) is 2. The summed E-state index contributed by atoms with van der Waals surface area (Å²) in [5, 5.41) is 9.82. The Morgan fingerprint density at radius 3 is 3.19 bits per heavy atom. The minimum Gasteiger partial charge on any atom is -0.482 e. The van der Waals surface area contributed by atoms with Crippen molar-refractivity contribution >= 4 is 23.3 Å². The van der Waals surface area contributed by atoms with Crippen molar-refractivity contribution in [3.05, 3.63) is 36.7 Å². The lowest BCUT2D eigenvalue weighted by molar-refractivity contribution is -0.118. The lowest BCUT2D eigenvalue weighted by Gasteiger charge is -2.25. The number of anilines is 2. The molecular weight excluding hydrogens is 350 g/mol. The van der Waals surface area contributed by atoms with Gasteiger partial charge in [-0.3, -0.25) is 9.48 Å². The molecule has 2 N–H and O–H groups in total. The second-order valence-electron chi connectivity index (χ2n) is 6.50. The third-order valence-corrected chi connectivity index (χ3v) is 4.45. The van der Waals surface area contributed by atoms with E-state index < -0.39 is 0 Å². The molecule has 0 bridgehead atoms. The van der Waals surface area contributed by atoms with Crippen LogP contribution in [-0.4, -0.2) is 59.0 Å². The second-order valence-corrected chi connectivity index (χ2v) is 6.50. The molecule has 3 amide bonds. The number of urea groups is 1. The van der Waals surface area contributed by atoms with Crippen LogP contribution in [0.5, 0.6) is 5.75 Å². The summed E-state index contributed by atoms with van der Waals surface area (Å²) in [4.78, 5) is 25.8. The van der Waals surface area contributed by atoms with E-state index in [1.807, 2.05) is 12.3 Å². The van der Waals surface area contributed by atoms with E-state index in [1.54, 1.807) is 34.0 Å². The fourth-order valence-electron chi connectivity index (χ4n) is 3.16. The number of nitrogens with zero attached hydrogens (tertiary/aromatic N) is 3. The van der Waals surface area contributed by atoms with Crippen LogP contribution in [0.25, 0.3) is 0 Å². The Kier molecular flexibility index (Phi) is 4.93. The minimum atomic E-state index is -0.189. The SMILES string of the molecule is O=C1COc2cc(NC(=O)N3CCCO[C@@H](Cn4cccn4)C3)ccc2N1. The molecule has 1 fully saturated rings. The molecular formula is C18H21N5O4. The number of carbonyl (C=O) groups excluding carboxylic acids is 2. The fourth-order valence-corrected chi connectivity index (χ4v) is 3.16. The average Bonchev–Trinajstić information content (AvgIpc) is 3.05. The summed E-state index contributed by atoms with van der Waals surface area (Å²) in [6.45, 7) is 2.30. The molecule has 1 aromatic carbocycles. The maximum atomic E-state index is 12.7. The van der Waals surface area contributed by atoms with Crippen LogP contribution in [0.4, 0.5) is 16.2 Å². The molecule has 2 aliphatic rings. The summed E-state index contributed by atoms with van der Waals surface area (Å²) in [5.41, 5.74) is 1.22. The van der Waals surface area contributed by atoms with Gasteiger partial charge in [-0.2, -0.15) is 5.10 Å². The third-order valence-electron chi connectivity index (χ3n) is 4.45. The van der Waals surface area contributed by atoms with Crippen molar-refractivity contribution in [2.75, 3.05) is 36.9 Å². The van der Waals surface area contributed by atoms with Gasteiger partial charge in [-0.1, -0.05) is 0 Å². The quantitative estimate of drug-likeness (QED) is 0.853. The van der Waals surface area contributed by atoms with Crippen molar-refractivity contribution in [3.63, 3.8) is 0 Å². The van der Waals surface area contributed by atoms with Gasteiger partial charge < -0.3 is 25.0 Å². The zero-order valence-corrected chi connectivity index (χ0v) is 14.8. The lowest BCUT2D eigenvalue weighted by atomic mass is 10.2. The molecule has 4 rings (SSSR count). The van der Waals surface area contributed by atoms with Crippen molar-refractivity contribution in [2.45, 2.75) is 19.1 Å². The molecule has 2 aromatic rings. The van der Waals surface area contributed by atoms with Gasteiger partial charge in [0, 0.05) is 37.3 Å². The number of benzene rings is 1. The first-order valence-corrected chi connectivity index (χ1v) is 8.89. The Morgan fingerprint density at radius 2 is 2.33 bits per heavy atom. The molecule has 9 heteroatoms. The third kappa shape index (κ3) is 4.20. The monoisotopic (exact) mass is 371 g/mol. The van der Waals surface area contributed by atoms with Gasteiger partial charge in [-0.25, -0.2) is 4.79 Å². The largest absolute Gasteiger partial charge is 0.482 e. The smallest absolute Gasteiger partial charge is 0.321 e.